The van der Waals surface area contributed by atoms with Crippen LogP contribution in [0.15, 0.2) is 52.4 Å². The van der Waals surface area contributed by atoms with Crippen molar-refractivity contribution in [1.29, 1.82) is 0 Å². The maximum absolute atomic E-state index is 9.56. The van der Waals surface area contributed by atoms with Crippen molar-refractivity contribution in [3.8, 4) is 17.2 Å². The van der Waals surface area contributed by atoms with Gasteiger partial charge in [-0.25, -0.2) is 0 Å². The minimum atomic E-state index is -0.0172. The second-order valence-electron chi connectivity index (χ2n) is 4.37. The molecule has 0 aliphatic rings. The standard InChI is InChI=1S/C16H16N2O3/c19-14-6-5-13(16(21)9-14)11-18-8-7-17-10-12-3-1-2-4-15(12)20/h1-6,9-11,19-21H,7-8H2. The summed E-state index contributed by atoms with van der Waals surface area (Å²) in [5, 5.41) is 28.3. The highest BCUT2D eigenvalue weighted by atomic mass is 16.3. The predicted octanol–water partition coefficient (Wildman–Crippen LogP) is 2.34. The van der Waals surface area contributed by atoms with Gasteiger partial charge in [0.1, 0.15) is 17.2 Å². The molecule has 3 N–H and O–H groups in total. The zero-order valence-electron chi connectivity index (χ0n) is 11.3. The second-order valence-corrected chi connectivity index (χ2v) is 4.37. The lowest BCUT2D eigenvalue weighted by molar-refractivity contribution is 0.450. The number of phenolic OH excluding ortho intramolecular Hbond substituents is 3. The molecule has 0 saturated carbocycles. The molecular formula is C16H16N2O3. The largest absolute Gasteiger partial charge is 0.508 e. The van der Waals surface area contributed by atoms with Gasteiger partial charge in [0.2, 0.25) is 0 Å². The van der Waals surface area contributed by atoms with Crippen molar-refractivity contribution in [3.05, 3.63) is 53.6 Å². The lowest BCUT2D eigenvalue weighted by Crippen LogP contribution is -1.91. The Morgan fingerprint density at radius 2 is 1.38 bits per heavy atom. The molecule has 0 heterocycles. The first-order valence-electron chi connectivity index (χ1n) is 6.46. The van der Waals surface area contributed by atoms with E-state index in [1.165, 1.54) is 18.3 Å². The summed E-state index contributed by atoms with van der Waals surface area (Å²) in [6, 6.07) is 11.3. The average Bonchev–Trinajstić information content (AvgIpc) is 2.46. The van der Waals surface area contributed by atoms with Crippen molar-refractivity contribution in [2.45, 2.75) is 0 Å². The third kappa shape index (κ3) is 4.35. The molecule has 5 heteroatoms. The summed E-state index contributed by atoms with van der Waals surface area (Å²) in [5.74, 6) is 0.187. The van der Waals surface area contributed by atoms with Gasteiger partial charge in [0.05, 0.1) is 13.1 Å². The van der Waals surface area contributed by atoms with Gasteiger partial charge in [0.15, 0.2) is 0 Å². The van der Waals surface area contributed by atoms with Gasteiger partial charge in [-0.15, -0.1) is 0 Å². The van der Waals surface area contributed by atoms with Gasteiger partial charge in [0.25, 0.3) is 0 Å². The first kappa shape index (κ1) is 14.6. The Balaban J connectivity index is 1.84. The average molecular weight is 284 g/mol. The lowest BCUT2D eigenvalue weighted by Gasteiger charge is -1.99. The van der Waals surface area contributed by atoms with Crippen LogP contribution in [-0.2, 0) is 0 Å². The maximum atomic E-state index is 9.56. The number of rotatable bonds is 5. The Morgan fingerprint density at radius 3 is 2.00 bits per heavy atom. The molecule has 0 amide bonds. The molecule has 2 aromatic rings. The summed E-state index contributed by atoms with van der Waals surface area (Å²) in [6.45, 7) is 0.939. The fourth-order valence-corrected chi connectivity index (χ4v) is 1.68. The Morgan fingerprint density at radius 1 is 0.762 bits per heavy atom. The minimum Gasteiger partial charge on any atom is -0.508 e. The molecular weight excluding hydrogens is 268 g/mol. The van der Waals surface area contributed by atoms with E-state index in [0.29, 0.717) is 24.2 Å². The van der Waals surface area contributed by atoms with E-state index in [0.717, 1.165) is 0 Å². The Kier molecular flexibility index (Phi) is 4.93. The van der Waals surface area contributed by atoms with E-state index in [1.807, 2.05) is 6.07 Å². The van der Waals surface area contributed by atoms with Gasteiger partial charge in [-0.2, -0.15) is 0 Å². The van der Waals surface area contributed by atoms with E-state index in [4.69, 9.17) is 5.11 Å². The maximum Gasteiger partial charge on any atom is 0.128 e. The molecule has 108 valence electrons. The van der Waals surface area contributed by atoms with Crippen LogP contribution in [0.5, 0.6) is 17.2 Å². The van der Waals surface area contributed by atoms with Gasteiger partial charge >= 0.3 is 0 Å². The lowest BCUT2D eigenvalue weighted by atomic mass is 10.2. The molecule has 0 unspecified atom stereocenters. The molecule has 0 aliphatic carbocycles. The first-order chi connectivity index (χ1) is 10.2. The van der Waals surface area contributed by atoms with E-state index in [-0.39, 0.29) is 17.2 Å². The molecule has 0 fully saturated rings. The zero-order chi connectivity index (χ0) is 15.1. The Bertz CT molecular complexity index is 666. The van der Waals surface area contributed by atoms with Gasteiger partial charge in [-0.1, -0.05) is 12.1 Å². The highest BCUT2D eigenvalue weighted by molar-refractivity contribution is 5.84. The summed E-state index contributed by atoms with van der Waals surface area (Å²) >= 11 is 0. The van der Waals surface area contributed by atoms with Crippen LogP contribution in [0, 0.1) is 0 Å². The van der Waals surface area contributed by atoms with Crippen molar-refractivity contribution < 1.29 is 15.3 Å². The molecule has 0 radical (unpaired) electrons. The number of aliphatic imine (C=N–C) groups is 2. The van der Waals surface area contributed by atoms with Crippen molar-refractivity contribution in [2.75, 3.05) is 13.1 Å². The normalized spacial score (nSPS) is 11.4. The van der Waals surface area contributed by atoms with E-state index in [2.05, 4.69) is 9.98 Å². The fraction of sp³-hybridized carbons (Fsp3) is 0.125. The molecule has 0 bridgehead atoms. The first-order valence-corrected chi connectivity index (χ1v) is 6.46. The molecule has 0 aliphatic heterocycles. The number of aromatic hydroxyl groups is 3. The van der Waals surface area contributed by atoms with Gasteiger partial charge in [0, 0.05) is 29.6 Å². The number of phenols is 3. The van der Waals surface area contributed by atoms with Gasteiger partial charge in [-0.3, -0.25) is 9.98 Å². The molecule has 0 aromatic heterocycles. The number of hydrogen-bond donors (Lipinski definition) is 3. The Labute approximate surface area is 122 Å². The SMILES string of the molecule is Oc1ccc(C=NCCN=Cc2ccccc2O)c(O)c1. The van der Waals surface area contributed by atoms with Crippen LogP contribution in [0.1, 0.15) is 11.1 Å². The second kappa shape index (κ2) is 7.09. The van der Waals surface area contributed by atoms with E-state index < -0.39 is 0 Å². The third-order valence-electron chi connectivity index (χ3n) is 2.77. The topological polar surface area (TPSA) is 85.4 Å². The summed E-state index contributed by atoms with van der Waals surface area (Å²) in [4.78, 5) is 8.31. The summed E-state index contributed by atoms with van der Waals surface area (Å²) < 4.78 is 0. The molecule has 21 heavy (non-hydrogen) atoms. The summed E-state index contributed by atoms with van der Waals surface area (Å²) in [5.41, 5.74) is 1.20. The quantitative estimate of drug-likeness (QED) is 0.582. The van der Waals surface area contributed by atoms with E-state index in [9.17, 15) is 10.2 Å². The minimum absolute atomic E-state index is 0.0110. The molecule has 5 nitrogen and oxygen atoms in total. The van der Waals surface area contributed by atoms with Crippen LogP contribution in [0.4, 0.5) is 0 Å². The zero-order valence-corrected chi connectivity index (χ0v) is 11.3. The predicted molar refractivity (Wildman–Crippen MR) is 82.8 cm³/mol. The Hall–Kier alpha value is -2.82. The fourth-order valence-electron chi connectivity index (χ4n) is 1.68. The number of nitrogens with zero attached hydrogens (tertiary/aromatic N) is 2. The highest BCUT2D eigenvalue weighted by Gasteiger charge is 1.98. The van der Waals surface area contributed by atoms with E-state index in [1.54, 1.807) is 30.5 Å². The van der Waals surface area contributed by atoms with Crippen LogP contribution in [0.3, 0.4) is 0 Å². The van der Waals surface area contributed by atoms with Crippen molar-refractivity contribution in [2.24, 2.45) is 9.98 Å². The molecule has 0 spiro atoms. The van der Waals surface area contributed by atoms with Gasteiger partial charge in [-0.05, 0) is 24.3 Å². The monoisotopic (exact) mass is 284 g/mol. The van der Waals surface area contributed by atoms with Crippen molar-refractivity contribution >= 4 is 12.4 Å². The third-order valence-corrected chi connectivity index (χ3v) is 2.77. The van der Waals surface area contributed by atoms with Crippen LogP contribution in [0.25, 0.3) is 0 Å². The smallest absolute Gasteiger partial charge is 0.128 e. The van der Waals surface area contributed by atoms with Gasteiger partial charge < -0.3 is 15.3 Å². The van der Waals surface area contributed by atoms with Crippen molar-refractivity contribution in [1.82, 2.24) is 0 Å². The number of para-hydroxylation sites is 1. The number of benzene rings is 2. The van der Waals surface area contributed by atoms with Crippen molar-refractivity contribution in [3.63, 3.8) is 0 Å². The van der Waals surface area contributed by atoms with Crippen LogP contribution >= 0.6 is 0 Å². The van der Waals surface area contributed by atoms with Crippen LogP contribution in [-0.4, -0.2) is 40.8 Å². The molecule has 0 saturated heterocycles. The van der Waals surface area contributed by atoms with E-state index >= 15 is 0 Å². The molecule has 2 aromatic carbocycles. The summed E-state index contributed by atoms with van der Waals surface area (Å²) in [7, 11) is 0. The highest BCUT2D eigenvalue weighted by Crippen LogP contribution is 2.20. The summed E-state index contributed by atoms with van der Waals surface area (Å²) in [6.07, 6.45) is 3.13. The molecule has 0 atom stereocenters. The van der Waals surface area contributed by atoms with Crippen LogP contribution in [0.2, 0.25) is 0 Å². The van der Waals surface area contributed by atoms with Crippen LogP contribution < -0.4 is 0 Å². The number of hydrogen-bond acceptors (Lipinski definition) is 5. The molecule has 2 rings (SSSR count).